The van der Waals surface area contributed by atoms with E-state index in [9.17, 15) is 4.79 Å². The van der Waals surface area contributed by atoms with Crippen LogP contribution in [0.25, 0.3) is 10.2 Å². The van der Waals surface area contributed by atoms with E-state index < -0.39 is 0 Å². The van der Waals surface area contributed by atoms with Gasteiger partial charge in [0.05, 0.1) is 5.69 Å². The number of nitrogens with one attached hydrogen (secondary N) is 1. The summed E-state index contributed by atoms with van der Waals surface area (Å²) in [6, 6.07) is 9.91. The molecular formula is C19H20IN3OS. The number of thiophene rings is 1. The van der Waals surface area contributed by atoms with Crippen LogP contribution in [0.5, 0.6) is 0 Å². The zero-order chi connectivity index (χ0) is 18.0. The van der Waals surface area contributed by atoms with E-state index in [0.29, 0.717) is 10.6 Å². The highest BCUT2D eigenvalue weighted by Gasteiger charge is 2.18. The average Bonchev–Trinajstić information content (AvgIpc) is 2.92. The Morgan fingerprint density at radius 2 is 2.12 bits per heavy atom. The number of halogens is 1. The van der Waals surface area contributed by atoms with Crippen LogP contribution >= 0.6 is 33.9 Å². The number of rotatable bonds is 5. The van der Waals surface area contributed by atoms with Crippen LogP contribution in [0.1, 0.15) is 40.7 Å². The minimum Gasteiger partial charge on any atom is -0.397 e. The van der Waals surface area contributed by atoms with Crippen LogP contribution in [-0.4, -0.2) is 10.9 Å². The highest BCUT2D eigenvalue weighted by atomic mass is 127. The van der Waals surface area contributed by atoms with E-state index in [2.05, 4.69) is 39.8 Å². The van der Waals surface area contributed by atoms with E-state index >= 15 is 0 Å². The first-order valence-corrected chi connectivity index (χ1v) is 10.1. The SMILES string of the molecule is CCCCc1ccc2c(N)c(C(=O)Nc3ccc(I)cc3C)sc2n1. The number of nitrogens with zero attached hydrogens (tertiary/aromatic N) is 1. The van der Waals surface area contributed by atoms with Gasteiger partial charge in [0.25, 0.3) is 5.91 Å². The van der Waals surface area contributed by atoms with Crippen molar-refractivity contribution >= 4 is 61.4 Å². The highest BCUT2D eigenvalue weighted by molar-refractivity contribution is 14.1. The van der Waals surface area contributed by atoms with Crippen LogP contribution in [0.4, 0.5) is 11.4 Å². The summed E-state index contributed by atoms with van der Waals surface area (Å²) in [5, 5.41) is 3.82. The van der Waals surface area contributed by atoms with Gasteiger partial charge in [-0.3, -0.25) is 4.79 Å². The topological polar surface area (TPSA) is 68.0 Å². The predicted octanol–water partition coefficient (Wildman–Crippen LogP) is 5.39. The van der Waals surface area contributed by atoms with E-state index in [1.54, 1.807) is 0 Å². The van der Waals surface area contributed by atoms with Gasteiger partial charge in [-0.25, -0.2) is 4.98 Å². The van der Waals surface area contributed by atoms with E-state index in [1.807, 2.05) is 37.3 Å². The molecule has 0 fully saturated rings. The Labute approximate surface area is 165 Å². The molecule has 2 heterocycles. The summed E-state index contributed by atoms with van der Waals surface area (Å²) >= 11 is 3.61. The fourth-order valence-corrected chi connectivity index (χ4v) is 4.30. The molecule has 6 heteroatoms. The van der Waals surface area contributed by atoms with Crippen LogP contribution < -0.4 is 11.1 Å². The van der Waals surface area contributed by atoms with E-state index in [4.69, 9.17) is 5.73 Å². The number of unbranched alkanes of at least 4 members (excludes halogenated alkanes) is 1. The molecule has 0 aliphatic rings. The molecular weight excluding hydrogens is 445 g/mol. The van der Waals surface area contributed by atoms with Gasteiger partial charge in [0.2, 0.25) is 0 Å². The summed E-state index contributed by atoms with van der Waals surface area (Å²) in [6.45, 7) is 4.14. The van der Waals surface area contributed by atoms with Gasteiger partial charge in [0.1, 0.15) is 9.71 Å². The first-order chi connectivity index (χ1) is 12.0. The van der Waals surface area contributed by atoms with Crippen molar-refractivity contribution in [1.29, 1.82) is 0 Å². The monoisotopic (exact) mass is 465 g/mol. The summed E-state index contributed by atoms with van der Waals surface area (Å²) in [4.78, 5) is 18.7. The Morgan fingerprint density at radius 1 is 1.32 bits per heavy atom. The number of hydrogen-bond donors (Lipinski definition) is 2. The zero-order valence-corrected chi connectivity index (χ0v) is 17.2. The van der Waals surface area contributed by atoms with E-state index in [1.165, 1.54) is 11.3 Å². The Bertz CT molecular complexity index is 936. The highest BCUT2D eigenvalue weighted by Crippen LogP contribution is 2.33. The summed E-state index contributed by atoms with van der Waals surface area (Å²) < 4.78 is 1.14. The Kier molecular flexibility index (Phi) is 5.58. The van der Waals surface area contributed by atoms with Crippen molar-refractivity contribution in [2.75, 3.05) is 11.1 Å². The van der Waals surface area contributed by atoms with Crippen LogP contribution in [0.2, 0.25) is 0 Å². The number of carbonyl (C=O) groups is 1. The molecule has 0 spiro atoms. The molecule has 2 aromatic heterocycles. The molecule has 0 saturated carbocycles. The number of carbonyl (C=O) groups excluding carboxylic acids is 1. The third-order valence-corrected chi connectivity index (χ3v) is 5.87. The summed E-state index contributed by atoms with van der Waals surface area (Å²) in [5.74, 6) is -0.181. The number of amides is 1. The van der Waals surface area contributed by atoms with Gasteiger partial charge in [-0.15, -0.1) is 11.3 Å². The van der Waals surface area contributed by atoms with Gasteiger partial charge in [-0.2, -0.15) is 0 Å². The number of fused-ring (bicyclic) bond motifs is 1. The standard InChI is InChI=1S/C19H20IN3OS/c1-3-4-5-13-7-8-14-16(21)17(25-19(14)22-13)18(24)23-15-9-6-12(20)10-11(15)2/h6-10H,3-5,21H2,1-2H3,(H,23,24). The second-order valence-corrected chi connectivity index (χ2v) is 8.26. The molecule has 0 saturated heterocycles. The van der Waals surface area contributed by atoms with Gasteiger partial charge in [0, 0.05) is 20.3 Å². The Hall–Kier alpha value is -1.67. The molecule has 0 atom stereocenters. The molecule has 3 N–H and O–H groups in total. The quantitative estimate of drug-likeness (QED) is 0.497. The lowest BCUT2D eigenvalue weighted by molar-refractivity contribution is 0.103. The van der Waals surface area contributed by atoms with Gasteiger partial charge in [-0.1, -0.05) is 13.3 Å². The maximum absolute atomic E-state index is 12.7. The van der Waals surface area contributed by atoms with Crippen LogP contribution in [0, 0.1) is 10.5 Å². The third kappa shape index (κ3) is 3.95. The molecule has 1 aromatic carbocycles. The molecule has 1 amide bonds. The maximum atomic E-state index is 12.7. The second-order valence-electron chi connectivity index (χ2n) is 6.02. The van der Waals surface area contributed by atoms with Gasteiger partial charge in [-0.05, 0) is 78.3 Å². The normalized spacial score (nSPS) is 11.0. The number of nitrogen functional groups attached to an aromatic ring is 1. The van der Waals surface area contributed by atoms with E-state index in [0.717, 1.165) is 50.0 Å². The number of benzene rings is 1. The van der Waals surface area contributed by atoms with Crippen molar-refractivity contribution in [2.45, 2.75) is 33.1 Å². The first kappa shape index (κ1) is 18.1. The van der Waals surface area contributed by atoms with Crippen molar-refractivity contribution < 1.29 is 4.79 Å². The van der Waals surface area contributed by atoms with Crippen LogP contribution in [-0.2, 0) is 6.42 Å². The fraction of sp³-hybridized carbons (Fsp3) is 0.263. The van der Waals surface area contributed by atoms with Crippen LogP contribution in [0.3, 0.4) is 0 Å². The lowest BCUT2D eigenvalue weighted by atomic mass is 10.1. The van der Waals surface area contributed by atoms with E-state index in [-0.39, 0.29) is 5.91 Å². The Balaban J connectivity index is 1.89. The van der Waals surface area contributed by atoms with Gasteiger partial charge < -0.3 is 11.1 Å². The predicted molar refractivity (Wildman–Crippen MR) is 114 cm³/mol. The first-order valence-electron chi connectivity index (χ1n) is 8.25. The molecule has 3 aromatic rings. The minimum absolute atomic E-state index is 0.181. The number of pyridine rings is 1. The maximum Gasteiger partial charge on any atom is 0.267 e. The fourth-order valence-electron chi connectivity index (χ4n) is 2.65. The number of aryl methyl sites for hydroxylation is 2. The average molecular weight is 465 g/mol. The van der Waals surface area contributed by atoms with Crippen LogP contribution in [0.15, 0.2) is 30.3 Å². The molecule has 0 aliphatic carbocycles. The molecule has 0 aliphatic heterocycles. The molecule has 0 bridgehead atoms. The molecule has 25 heavy (non-hydrogen) atoms. The summed E-state index contributed by atoms with van der Waals surface area (Å²) in [7, 11) is 0. The van der Waals surface area contributed by atoms with Crippen molar-refractivity contribution in [3.05, 3.63) is 50.0 Å². The number of anilines is 2. The van der Waals surface area contributed by atoms with Gasteiger partial charge in [0.15, 0.2) is 0 Å². The molecule has 130 valence electrons. The largest absolute Gasteiger partial charge is 0.397 e. The summed E-state index contributed by atoms with van der Waals surface area (Å²) in [6.07, 6.45) is 3.20. The number of nitrogens with two attached hydrogens (primary N) is 1. The lowest BCUT2D eigenvalue weighted by Gasteiger charge is -2.08. The zero-order valence-electron chi connectivity index (χ0n) is 14.2. The van der Waals surface area contributed by atoms with Gasteiger partial charge >= 0.3 is 0 Å². The molecule has 4 nitrogen and oxygen atoms in total. The smallest absolute Gasteiger partial charge is 0.267 e. The molecule has 3 rings (SSSR count). The van der Waals surface area contributed by atoms with Crippen molar-refractivity contribution in [3.8, 4) is 0 Å². The number of aromatic nitrogens is 1. The third-order valence-electron chi connectivity index (χ3n) is 4.08. The van der Waals surface area contributed by atoms with Crippen molar-refractivity contribution in [2.24, 2.45) is 0 Å². The minimum atomic E-state index is -0.181. The lowest BCUT2D eigenvalue weighted by Crippen LogP contribution is -2.12. The van der Waals surface area contributed by atoms with Crippen molar-refractivity contribution in [1.82, 2.24) is 4.98 Å². The second kappa shape index (κ2) is 7.70. The number of hydrogen-bond acceptors (Lipinski definition) is 4. The van der Waals surface area contributed by atoms with Crippen molar-refractivity contribution in [3.63, 3.8) is 0 Å². The molecule has 0 unspecified atom stereocenters. The molecule has 0 radical (unpaired) electrons. The Morgan fingerprint density at radius 3 is 2.84 bits per heavy atom. The summed E-state index contributed by atoms with van der Waals surface area (Å²) in [5.41, 5.74) is 9.61.